The van der Waals surface area contributed by atoms with Crippen molar-refractivity contribution in [3.8, 4) is 0 Å². The van der Waals surface area contributed by atoms with Crippen molar-refractivity contribution in [1.29, 1.82) is 0 Å². The zero-order valence-electron chi connectivity index (χ0n) is 13.8. The number of rotatable bonds is 4. The fourth-order valence-corrected chi connectivity index (χ4v) is 3.14. The maximum atomic E-state index is 6.36. The van der Waals surface area contributed by atoms with Crippen LogP contribution in [0.2, 0.25) is 0 Å². The minimum Gasteiger partial charge on any atom is -0.393 e. The van der Waals surface area contributed by atoms with Crippen molar-refractivity contribution in [3.63, 3.8) is 0 Å². The van der Waals surface area contributed by atoms with E-state index >= 15 is 0 Å². The zero-order chi connectivity index (χ0) is 16.2. The van der Waals surface area contributed by atoms with Gasteiger partial charge in [-0.3, -0.25) is 0 Å². The maximum absolute atomic E-state index is 6.36. The molecule has 0 aromatic carbocycles. The third-order valence-electron chi connectivity index (χ3n) is 4.40. The zero-order valence-corrected chi connectivity index (χ0v) is 13.8. The average molecular weight is 312 g/mol. The molecule has 1 atom stereocenters. The average Bonchev–Trinajstić information content (AvgIpc) is 2.57. The van der Waals surface area contributed by atoms with Gasteiger partial charge < -0.3 is 16.0 Å². The Morgan fingerprint density at radius 3 is 2.96 bits per heavy atom. The highest BCUT2D eigenvalue weighted by Gasteiger charge is 2.25. The third kappa shape index (κ3) is 3.36. The molecule has 0 spiro atoms. The highest BCUT2D eigenvalue weighted by molar-refractivity contribution is 5.77. The van der Waals surface area contributed by atoms with Gasteiger partial charge in [-0.25, -0.2) is 15.0 Å². The van der Waals surface area contributed by atoms with Gasteiger partial charge in [0.25, 0.3) is 0 Å². The van der Waals surface area contributed by atoms with Gasteiger partial charge in [0, 0.05) is 18.8 Å². The number of hydrogen-bond acceptors (Lipinski definition) is 6. The van der Waals surface area contributed by atoms with Crippen molar-refractivity contribution in [2.24, 2.45) is 0 Å². The van der Waals surface area contributed by atoms with Gasteiger partial charge in [0.2, 0.25) is 0 Å². The molecule has 2 aromatic rings. The molecule has 2 aromatic heterocycles. The van der Waals surface area contributed by atoms with E-state index in [0.29, 0.717) is 17.5 Å². The van der Waals surface area contributed by atoms with E-state index in [2.05, 4.69) is 32.1 Å². The lowest BCUT2D eigenvalue weighted by molar-refractivity contribution is 0.447. The number of nitrogens with zero attached hydrogens (tertiary/aromatic N) is 4. The second-order valence-corrected chi connectivity index (χ2v) is 6.05. The molecule has 23 heavy (non-hydrogen) atoms. The van der Waals surface area contributed by atoms with Crippen molar-refractivity contribution in [3.05, 3.63) is 30.2 Å². The summed E-state index contributed by atoms with van der Waals surface area (Å²) < 4.78 is 0. The van der Waals surface area contributed by atoms with E-state index in [0.717, 1.165) is 30.2 Å². The number of nitrogens with one attached hydrogen (secondary N) is 1. The van der Waals surface area contributed by atoms with Gasteiger partial charge in [-0.2, -0.15) is 0 Å². The third-order valence-corrected chi connectivity index (χ3v) is 4.40. The first-order valence-electron chi connectivity index (χ1n) is 8.26. The number of aryl methyl sites for hydroxylation is 1. The molecule has 0 aliphatic carbocycles. The Labute approximate surface area is 137 Å². The van der Waals surface area contributed by atoms with Crippen LogP contribution in [0.4, 0.5) is 23.1 Å². The van der Waals surface area contributed by atoms with Crippen LogP contribution in [0, 0.1) is 6.92 Å². The Balaban J connectivity index is 1.88. The number of nitrogen functional groups attached to an aromatic ring is 1. The predicted octanol–water partition coefficient (Wildman–Crippen LogP) is 3.27. The van der Waals surface area contributed by atoms with Gasteiger partial charge in [0.1, 0.15) is 17.8 Å². The van der Waals surface area contributed by atoms with Crippen molar-refractivity contribution in [1.82, 2.24) is 15.0 Å². The Bertz CT molecular complexity index is 672. The predicted molar refractivity (Wildman–Crippen MR) is 94.0 cm³/mol. The molecule has 3 rings (SSSR count). The Kier molecular flexibility index (Phi) is 4.60. The molecule has 1 fully saturated rings. The van der Waals surface area contributed by atoms with Crippen molar-refractivity contribution >= 4 is 23.1 Å². The highest BCUT2D eigenvalue weighted by Crippen LogP contribution is 2.32. The van der Waals surface area contributed by atoms with E-state index in [1.165, 1.54) is 19.3 Å². The summed E-state index contributed by atoms with van der Waals surface area (Å²) in [5, 5.41) is 3.21. The molecule has 0 radical (unpaired) electrons. The molecule has 0 amide bonds. The molecule has 1 aliphatic heterocycles. The van der Waals surface area contributed by atoms with Crippen LogP contribution in [0.1, 0.15) is 38.2 Å². The molecule has 3 heterocycles. The van der Waals surface area contributed by atoms with E-state index in [-0.39, 0.29) is 0 Å². The van der Waals surface area contributed by atoms with Crippen molar-refractivity contribution < 1.29 is 0 Å². The van der Waals surface area contributed by atoms with Crippen LogP contribution in [0.5, 0.6) is 0 Å². The molecular weight excluding hydrogens is 288 g/mol. The monoisotopic (exact) mass is 312 g/mol. The van der Waals surface area contributed by atoms with E-state index in [9.17, 15) is 0 Å². The van der Waals surface area contributed by atoms with E-state index in [1.807, 2.05) is 19.1 Å². The molecule has 0 bridgehead atoms. The Hall–Kier alpha value is -2.37. The first-order chi connectivity index (χ1) is 11.2. The molecular formula is C17H24N6. The molecule has 0 saturated carbocycles. The quantitative estimate of drug-likeness (QED) is 0.902. The summed E-state index contributed by atoms with van der Waals surface area (Å²) in [4.78, 5) is 15.4. The molecule has 122 valence electrons. The van der Waals surface area contributed by atoms with E-state index in [1.54, 1.807) is 12.5 Å². The van der Waals surface area contributed by atoms with Crippen LogP contribution >= 0.6 is 0 Å². The molecule has 6 heteroatoms. The first-order valence-corrected chi connectivity index (χ1v) is 8.26. The van der Waals surface area contributed by atoms with Gasteiger partial charge in [0.15, 0.2) is 11.6 Å². The van der Waals surface area contributed by atoms with Crippen molar-refractivity contribution in [2.75, 3.05) is 22.5 Å². The largest absolute Gasteiger partial charge is 0.393 e. The van der Waals surface area contributed by atoms with Crippen LogP contribution in [0.15, 0.2) is 24.7 Å². The SMILES string of the molecule is CCC1CCCCN1c1ncnc(Nc2cc(C)ccn2)c1N. The number of nitrogens with two attached hydrogens (primary N) is 1. The molecule has 1 saturated heterocycles. The maximum Gasteiger partial charge on any atom is 0.160 e. The molecule has 1 unspecified atom stereocenters. The van der Waals surface area contributed by atoms with Gasteiger partial charge in [0.05, 0.1) is 0 Å². The number of anilines is 4. The van der Waals surface area contributed by atoms with Crippen molar-refractivity contribution in [2.45, 2.75) is 45.6 Å². The van der Waals surface area contributed by atoms with Crippen LogP contribution < -0.4 is 16.0 Å². The molecule has 6 nitrogen and oxygen atoms in total. The number of hydrogen-bond donors (Lipinski definition) is 2. The highest BCUT2D eigenvalue weighted by atomic mass is 15.2. The molecule has 3 N–H and O–H groups in total. The first kappa shape index (κ1) is 15.5. The van der Waals surface area contributed by atoms with Gasteiger partial charge >= 0.3 is 0 Å². The number of aromatic nitrogens is 3. The Morgan fingerprint density at radius 1 is 1.30 bits per heavy atom. The lowest BCUT2D eigenvalue weighted by atomic mass is 10.00. The number of piperidine rings is 1. The summed E-state index contributed by atoms with van der Waals surface area (Å²) in [6.45, 7) is 5.25. The summed E-state index contributed by atoms with van der Waals surface area (Å²) in [5.41, 5.74) is 8.09. The van der Waals surface area contributed by atoms with E-state index in [4.69, 9.17) is 5.73 Å². The summed E-state index contributed by atoms with van der Waals surface area (Å²) in [7, 11) is 0. The molecule has 1 aliphatic rings. The standard InChI is InChI=1S/C17H24N6/c1-3-13-6-4-5-9-23(13)17-15(18)16(20-11-21-17)22-14-10-12(2)7-8-19-14/h7-8,10-11,13H,3-6,9,18H2,1-2H3,(H,19,20,21,22). The smallest absolute Gasteiger partial charge is 0.160 e. The summed E-state index contributed by atoms with van der Waals surface area (Å²) in [5.74, 6) is 2.20. The number of pyridine rings is 1. The second kappa shape index (κ2) is 6.81. The van der Waals surface area contributed by atoms with Crippen LogP contribution in [-0.2, 0) is 0 Å². The lowest BCUT2D eigenvalue weighted by Gasteiger charge is -2.36. The fraction of sp³-hybridized carbons (Fsp3) is 0.471. The van der Waals surface area contributed by atoms with E-state index < -0.39 is 0 Å². The minimum absolute atomic E-state index is 0.505. The summed E-state index contributed by atoms with van der Waals surface area (Å²) in [6, 6.07) is 4.43. The van der Waals surface area contributed by atoms with Crippen LogP contribution in [0.25, 0.3) is 0 Å². The summed E-state index contributed by atoms with van der Waals surface area (Å²) in [6.07, 6.45) is 8.10. The topological polar surface area (TPSA) is 80.0 Å². The van der Waals surface area contributed by atoms with Crippen LogP contribution in [0.3, 0.4) is 0 Å². The summed E-state index contributed by atoms with van der Waals surface area (Å²) >= 11 is 0. The van der Waals surface area contributed by atoms with Gasteiger partial charge in [-0.05, 0) is 50.3 Å². The normalized spacial score (nSPS) is 18.0. The lowest BCUT2D eigenvalue weighted by Crippen LogP contribution is -2.40. The fourth-order valence-electron chi connectivity index (χ4n) is 3.14. The van der Waals surface area contributed by atoms with Gasteiger partial charge in [-0.15, -0.1) is 0 Å². The van der Waals surface area contributed by atoms with Crippen LogP contribution in [-0.4, -0.2) is 27.5 Å². The second-order valence-electron chi connectivity index (χ2n) is 6.05. The minimum atomic E-state index is 0.505. The van der Waals surface area contributed by atoms with Gasteiger partial charge in [-0.1, -0.05) is 6.92 Å². The Morgan fingerprint density at radius 2 is 2.17 bits per heavy atom.